The van der Waals surface area contributed by atoms with Gasteiger partial charge in [-0.2, -0.15) is 0 Å². The highest BCUT2D eigenvalue weighted by molar-refractivity contribution is 6.30. The van der Waals surface area contributed by atoms with Gasteiger partial charge >= 0.3 is 0 Å². The van der Waals surface area contributed by atoms with Crippen molar-refractivity contribution in [3.8, 4) is 0 Å². The van der Waals surface area contributed by atoms with E-state index < -0.39 is 0 Å². The van der Waals surface area contributed by atoms with Gasteiger partial charge in [-0.25, -0.2) is 0 Å². The summed E-state index contributed by atoms with van der Waals surface area (Å²) >= 11 is 5.90. The molecule has 1 aromatic rings. The number of hydrogen-bond donors (Lipinski definition) is 2. The predicted molar refractivity (Wildman–Crippen MR) is 84.4 cm³/mol. The molecule has 0 radical (unpaired) electrons. The molecule has 118 valence electrons. The van der Waals surface area contributed by atoms with Gasteiger partial charge in [0.1, 0.15) is 0 Å². The van der Waals surface area contributed by atoms with E-state index in [1.165, 1.54) is 0 Å². The van der Waals surface area contributed by atoms with Crippen LogP contribution in [0.25, 0.3) is 0 Å². The Morgan fingerprint density at radius 2 is 1.90 bits per heavy atom. The summed E-state index contributed by atoms with van der Waals surface area (Å²) in [6.07, 6.45) is 1.60. The molecule has 0 aliphatic heterocycles. The molecule has 1 amide bonds. The van der Waals surface area contributed by atoms with Crippen molar-refractivity contribution < 1.29 is 15.0 Å². The molecule has 1 aromatic carbocycles. The Morgan fingerprint density at radius 1 is 1.29 bits per heavy atom. The van der Waals surface area contributed by atoms with Gasteiger partial charge in [-0.05, 0) is 31.0 Å². The SMILES string of the molecule is CCCC(C(=O)N(CCO)C(C)CO)c1ccc(Cl)cc1. The first kappa shape index (κ1) is 18.0. The molecular weight excluding hydrogens is 290 g/mol. The predicted octanol–water partition coefficient (Wildman–Crippen LogP) is 2.43. The Hall–Kier alpha value is -1.10. The lowest BCUT2D eigenvalue weighted by atomic mass is 9.92. The first-order chi connectivity index (χ1) is 10.0. The minimum Gasteiger partial charge on any atom is -0.395 e. The van der Waals surface area contributed by atoms with Gasteiger partial charge < -0.3 is 15.1 Å². The second-order valence-corrected chi connectivity index (χ2v) is 5.62. The van der Waals surface area contributed by atoms with Crippen LogP contribution in [-0.2, 0) is 4.79 Å². The quantitative estimate of drug-likeness (QED) is 0.775. The number of rotatable bonds is 8. The molecule has 21 heavy (non-hydrogen) atoms. The molecule has 0 spiro atoms. The van der Waals surface area contributed by atoms with Crippen molar-refractivity contribution in [2.75, 3.05) is 19.8 Å². The average Bonchev–Trinajstić information content (AvgIpc) is 2.50. The van der Waals surface area contributed by atoms with E-state index in [9.17, 15) is 9.90 Å². The summed E-state index contributed by atoms with van der Waals surface area (Å²) in [6.45, 7) is 3.80. The Bertz CT molecular complexity index is 436. The van der Waals surface area contributed by atoms with E-state index in [4.69, 9.17) is 16.7 Å². The fourth-order valence-corrected chi connectivity index (χ4v) is 2.50. The van der Waals surface area contributed by atoms with E-state index in [2.05, 4.69) is 0 Å². The molecule has 0 saturated carbocycles. The van der Waals surface area contributed by atoms with Gasteiger partial charge in [0.25, 0.3) is 0 Å². The van der Waals surface area contributed by atoms with Crippen LogP contribution in [0, 0.1) is 0 Å². The minimum atomic E-state index is -0.309. The van der Waals surface area contributed by atoms with Crippen LogP contribution < -0.4 is 0 Å². The summed E-state index contributed by atoms with van der Waals surface area (Å²) in [5.41, 5.74) is 0.916. The van der Waals surface area contributed by atoms with Crippen LogP contribution >= 0.6 is 11.6 Å². The highest BCUT2D eigenvalue weighted by atomic mass is 35.5. The van der Waals surface area contributed by atoms with Crippen molar-refractivity contribution >= 4 is 17.5 Å². The molecule has 0 heterocycles. The highest BCUT2D eigenvalue weighted by Crippen LogP contribution is 2.26. The van der Waals surface area contributed by atoms with Crippen molar-refractivity contribution in [2.45, 2.75) is 38.6 Å². The van der Waals surface area contributed by atoms with Crippen LogP contribution in [0.5, 0.6) is 0 Å². The number of aliphatic hydroxyl groups is 2. The fourth-order valence-electron chi connectivity index (χ4n) is 2.37. The topological polar surface area (TPSA) is 60.8 Å². The van der Waals surface area contributed by atoms with Crippen LogP contribution in [0.2, 0.25) is 5.02 Å². The number of nitrogens with zero attached hydrogens (tertiary/aromatic N) is 1. The summed E-state index contributed by atoms with van der Waals surface area (Å²) in [5.74, 6) is -0.331. The largest absolute Gasteiger partial charge is 0.395 e. The van der Waals surface area contributed by atoms with Gasteiger partial charge in [-0.1, -0.05) is 37.1 Å². The van der Waals surface area contributed by atoms with Gasteiger partial charge in [0.15, 0.2) is 0 Å². The summed E-state index contributed by atoms with van der Waals surface area (Å²) in [6, 6.07) is 6.97. The number of amides is 1. The van der Waals surface area contributed by atoms with E-state index >= 15 is 0 Å². The summed E-state index contributed by atoms with van der Waals surface area (Å²) < 4.78 is 0. The second kappa shape index (κ2) is 9.03. The van der Waals surface area contributed by atoms with E-state index in [1.54, 1.807) is 24.0 Å². The Kier molecular flexibility index (Phi) is 7.72. The van der Waals surface area contributed by atoms with E-state index in [-0.39, 0.29) is 37.6 Å². The first-order valence-corrected chi connectivity index (χ1v) is 7.70. The molecule has 4 nitrogen and oxygen atoms in total. The maximum absolute atomic E-state index is 12.8. The monoisotopic (exact) mass is 313 g/mol. The maximum atomic E-state index is 12.8. The molecule has 0 saturated heterocycles. The Labute approximate surface area is 131 Å². The Balaban J connectivity index is 3.01. The van der Waals surface area contributed by atoms with Crippen molar-refractivity contribution in [3.05, 3.63) is 34.9 Å². The van der Waals surface area contributed by atoms with E-state index in [0.29, 0.717) is 5.02 Å². The van der Waals surface area contributed by atoms with Crippen molar-refractivity contribution in [1.29, 1.82) is 0 Å². The van der Waals surface area contributed by atoms with Gasteiger partial charge in [0.2, 0.25) is 5.91 Å². The highest BCUT2D eigenvalue weighted by Gasteiger charge is 2.27. The van der Waals surface area contributed by atoms with Crippen molar-refractivity contribution in [1.82, 2.24) is 4.90 Å². The third-order valence-electron chi connectivity index (χ3n) is 3.57. The van der Waals surface area contributed by atoms with Crippen LogP contribution in [0.1, 0.15) is 38.2 Å². The van der Waals surface area contributed by atoms with Crippen molar-refractivity contribution in [2.24, 2.45) is 0 Å². The number of aliphatic hydroxyl groups excluding tert-OH is 2. The van der Waals surface area contributed by atoms with Gasteiger partial charge in [0, 0.05) is 11.6 Å². The molecule has 1 rings (SSSR count). The summed E-state index contributed by atoms with van der Waals surface area (Å²) in [5, 5.41) is 19.1. The molecular formula is C16H24ClNO3. The lowest BCUT2D eigenvalue weighted by Crippen LogP contribution is -2.44. The van der Waals surface area contributed by atoms with E-state index in [1.807, 2.05) is 19.1 Å². The number of carbonyl (C=O) groups is 1. The smallest absolute Gasteiger partial charge is 0.230 e. The Morgan fingerprint density at radius 3 is 2.38 bits per heavy atom. The molecule has 2 unspecified atom stereocenters. The fraction of sp³-hybridized carbons (Fsp3) is 0.562. The molecule has 0 bridgehead atoms. The summed E-state index contributed by atoms with van der Waals surface area (Å²) in [4.78, 5) is 14.3. The molecule has 5 heteroatoms. The van der Waals surface area contributed by atoms with Crippen molar-refractivity contribution in [3.63, 3.8) is 0 Å². The standard InChI is InChI=1S/C16H24ClNO3/c1-3-4-15(13-5-7-14(17)8-6-13)16(21)18(9-10-19)12(2)11-20/h5-8,12,15,19-20H,3-4,9-11H2,1-2H3. The van der Waals surface area contributed by atoms with E-state index in [0.717, 1.165) is 18.4 Å². The van der Waals surface area contributed by atoms with Gasteiger partial charge in [0.05, 0.1) is 25.2 Å². The molecule has 0 aliphatic carbocycles. The molecule has 2 N–H and O–H groups in total. The molecule has 0 fully saturated rings. The first-order valence-electron chi connectivity index (χ1n) is 7.32. The number of halogens is 1. The second-order valence-electron chi connectivity index (χ2n) is 5.18. The lowest BCUT2D eigenvalue weighted by Gasteiger charge is -2.31. The zero-order valence-corrected chi connectivity index (χ0v) is 13.4. The van der Waals surface area contributed by atoms with Gasteiger partial charge in [-0.3, -0.25) is 4.79 Å². The number of benzene rings is 1. The van der Waals surface area contributed by atoms with Gasteiger partial charge in [-0.15, -0.1) is 0 Å². The average molecular weight is 314 g/mol. The van der Waals surface area contributed by atoms with Crippen LogP contribution in [-0.4, -0.2) is 46.8 Å². The summed E-state index contributed by atoms with van der Waals surface area (Å²) in [7, 11) is 0. The normalized spacial score (nSPS) is 13.8. The number of hydrogen-bond acceptors (Lipinski definition) is 3. The van der Waals surface area contributed by atoms with Crippen LogP contribution in [0.3, 0.4) is 0 Å². The minimum absolute atomic E-state index is 0.0604. The zero-order valence-electron chi connectivity index (χ0n) is 12.6. The van der Waals surface area contributed by atoms with Crippen LogP contribution in [0.4, 0.5) is 0 Å². The molecule has 2 atom stereocenters. The molecule has 0 aromatic heterocycles. The lowest BCUT2D eigenvalue weighted by molar-refractivity contribution is -0.136. The number of carbonyl (C=O) groups excluding carboxylic acids is 1. The third-order valence-corrected chi connectivity index (χ3v) is 3.82. The van der Waals surface area contributed by atoms with Crippen LogP contribution in [0.15, 0.2) is 24.3 Å². The maximum Gasteiger partial charge on any atom is 0.230 e. The third kappa shape index (κ3) is 4.99. The zero-order chi connectivity index (χ0) is 15.8. The molecule has 0 aliphatic rings.